The Kier molecular flexibility index (Phi) is 4.02. The zero-order valence-electron chi connectivity index (χ0n) is 10.8. The molecule has 96 valence electrons. The number of likely N-dealkylation sites (tertiary alicyclic amines) is 1. The third-order valence-corrected chi connectivity index (χ3v) is 3.37. The highest BCUT2D eigenvalue weighted by Gasteiger charge is 2.15. The quantitative estimate of drug-likeness (QED) is 0.803. The third kappa shape index (κ3) is 3.44. The Balaban J connectivity index is 1.71. The maximum atomic E-state index is 5.89. The zero-order valence-corrected chi connectivity index (χ0v) is 10.8. The standard InChI is InChI=1S/C12H23N5/c1-10-9-12(16(2)15-10)14-5-8-17-6-3-11(13)4-7-17/h9,11,14H,3-8,13H2,1-2H3. The molecule has 0 atom stereocenters. The number of piperidine rings is 1. The van der Waals surface area contributed by atoms with Crippen LogP contribution in [0.2, 0.25) is 0 Å². The highest BCUT2D eigenvalue weighted by atomic mass is 15.3. The fraction of sp³-hybridized carbons (Fsp3) is 0.750. The summed E-state index contributed by atoms with van der Waals surface area (Å²) in [5, 5.41) is 7.73. The maximum absolute atomic E-state index is 5.89. The molecule has 2 rings (SSSR count). The average Bonchev–Trinajstić information content (AvgIpc) is 2.60. The molecular weight excluding hydrogens is 214 g/mol. The van der Waals surface area contributed by atoms with Crippen LogP contribution in [0.3, 0.4) is 0 Å². The molecule has 0 spiro atoms. The third-order valence-electron chi connectivity index (χ3n) is 3.37. The molecule has 0 aromatic carbocycles. The summed E-state index contributed by atoms with van der Waals surface area (Å²) in [5.41, 5.74) is 6.94. The van der Waals surface area contributed by atoms with Crippen LogP contribution in [0.4, 0.5) is 5.82 Å². The van der Waals surface area contributed by atoms with E-state index in [0.29, 0.717) is 6.04 Å². The molecule has 0 bridgehead atoms. The van der Waals surface area contributed by atoms with Crippen LogP contribution in [0, 0.1) is 6.92 Å². The van der Waals surface area contributed by atoms with Crippen LogP contribution < -0.4 is 11.1 Å². The lowest BCUT2D eigenvalue weighted by Gasteiger charge is -2.30. The molecule has 0 radical (unpaired) electrons. The SMILES string of the molecule is Cc1cc(NCCN2CCC(N)CC2)n(C)n1. The summed E-state index contributed by atoms with van der Waals surface area (Å²) in [6.07, 6.45) is 2.26. The average molecular weight is 237 g/mol. The Labute approximate surface area is 103 Å². The van der Waals surface area contributed by atoms with Crippen LogP contribution in [-0.2, 0) is 7.05 Å². The summed E-state index contributed by atoms with van der Waals surface area (Å²) in [5.74, 6) is 1.09. The minimum Gasteiger partial charge on any atom is -0.369 e. The van der Waals surface area contributed by atoms with Crippen molar-refractivity contribution in [2.45, 2.75) is 25.8 Å². The van der Waals surface area contributed by atoms with Gasteiger partial charge in [0.15, 0.2) is 0 Å². The number of hydrogen-bond donors (Lipinski definition) is 2. The molecule has 1 aliphatic rings. The van der Waals surface area contributed by atoms with Crippen LogP contribution in [0.25, 0.3) is 0 Å². The normalized spacial score (nSPS) is 18.5. The van der Waals surface area contributed by atoms with Gasteiger partial charge in [0.2, 0.25) is 0 Å². The van der Waals surface area contributed by atoms with Gasteiger partial charge < -0.3 is 16.0 Å². The smallest absolute Gasteiger partial charge is 0.124 e. The van der Waals surface area contributed by atoms with Crippen molar-refractivity contribution in [3.05, 3.63) is 11.8 Å². The fourth-order valence-electron chi connectivity index (χ4n) is 2.29. The van der Waals surface area contributed by atoms with E-state index in [9.17, 15) is 0 Å². The van der Waals surface area contributed by atoms with Crippen molar-refractivity contribution in [2.75, 3.05) is 31.5 Å². The molecule has 0 unspecified atom stereocenters. The van der Waals surface area contributed by atoms with Crippen molar-refractivity contribution in [3.8, 4) is 0 Å². The largest absolute Gasteiger partial charge is 0.369 e. The first-order valence-corrected chi connectivity index (χ1v) is 6.37. The lowest BCUT2D eigenvalue weighted by Crippen LogP contribution is -2.41. The van der Waals surface area contributed by atoms with Gasteiger partial charge in [-0.15, -0.1) is 0 Å². The predicted octanol–water partition coefficient (Wildman–Crippen LogP) is 0.564. The first-order chi connectivity index (χ1) is 8.15. The summed E-state index contributed by atoms with van der Waals surface area (Å²) >= 11 is 0. The van der Waals surface area contributed by atoms with Gasteiger partial charge in [-0.05, 0) is 32.9 Å². The van der Waals surface area contributed by atoms with E-state index in [2.05, 4.69) is 21.4 Å². The number of nitrogens with zero attached hydrogens (tertiary/aromatic N) is 3. The molecule has 5 nitrogen and oxygen atoms in total. The minimum atomic E-state index is 0.416. The summed E-state index contributed by atoms with van der Waals surface area (Å²) < 4.78 is 1.89. The van der Waals surface area contributed by atoms with Crippen molar-refractivity contribution in [1.82, 2.24) is 14.7 Å². The van der Waals surface area contributed by atoms with Crippen LogP contribution in [0.5, 0.6) is 0 Å². The number of nitrogens with one attached hydrogen (secondary N) is 1. The van der Waals surface area contributed by atoms with E-state index in [1.165, 1.54) is 0 Å². The first kappa shape index (κ1) is 12.4. The molecule has 3 N–H and O–H groups in total. The van der Waals surface area contributed by atoms with E-state index in [-0.39, 0.29) is 0 Å². The second kappa shape index (κ2) is 5.51. The molecule has 1 saturated heterocycles. The van der Waals surface area contributed by atoms with Crippen LogP contribution in [0.15, 0.2) is 6.07 Å². The molecule has 17 heavy (non-hydrogen) atoms. The van der Waals surface area contributed by atoms with Gasteiger partial charge in [-0.2, -0.15) is 5.10 Å². The number of rotatable bonds is 4. The van der Waals surface area contributed by atoms with Crippen LogP contribution in [-0.4, -0.2) is 46.9 Å². The van der Waals surface area contributed by atoms with Crippen molar-refractivity contribution < 1.29 is 0 Å². The first-order valence-electron chi connectivity index (χ1n) is 6.37. The maximum Gasteiger partial charge on any atom is 0.124 e. The number of hydrogen-bond acceptors (Lipinski definition) is 4. The predicted molar refractivity (Wildman–Crippen MR) is 70.1 cm³/mol. The monoisotopic (exact) mass is 237 g/mol. The van der Waals surface area contributed by atoms with Gasteiger partial charge in [-0.25, -0.2) is 0 Å². The Morgan fingerprint density at radius 2 is 2.18 bits per heavy atom. The lowest BCUT2D eigenvalue weighted by atomic mass is 10.1. The number of aryl methyl sites for hydroxylation is 2. The Morgan fingerprint density at radius 1 is 1.47 bits per heavy atom. The molecule has 1 aromatic heterocycles. The van der Waals surface area contributed by atoms with Gasteiger partial charge in [0.25, 0.3) is 0 Å². The highest BCUT2D eigenvalue weighted by molar-refractivity contribution is 5.36. The van der Waals surface area contributed by atoms with Gasteiger partial charge in [0.1, 0.15) is 5.82 Å². The van der Waals surface area contributed by atoms with Crippen molar-refractivity contribution >= 4 is 5.82 Å². The molecule has 1 fully saturated rings. The zero-order chi connectivity index (χ0) is 12.3. The molecule has 0 saturated carbocycles. The van der Waals surface area contributed by atoms with Crippen molar-refractivity contribution in [1.29, 1.82) is 0 Å². The Bertz CT molecular complexity index is 352. The number of nitrogens with two attached hydrogens (primary N) is 1. The lowest BCUT2D eigenvalue weighted by molar-refractivity contribution is 0.220. The van der Waals surface area contributed by atoms with Crippen molar-refractivity contribution in [3.63, 3.8) is 0 Å². The van der Waals surface area contributed by atoms with Gasteiger partial charge in [0, 0.05) is 32.2 Å². The Morgan fingerprint density at radius 3 is 2.76 bits per heavy atom. The molecule has 5 heteroatoms. The molecular formula is C12H23N5. The van der Waals surface area contributed by atoms with Crippen LogP contribution in [0.1, 0.15) is 18.5 Å². The Hall–Kier alpha value is -1.07. The molecule has 1 aliphatic heterocycles. The summed E-state index contributed by atoms with van der Waals surface area (Å²) in [7, 11) is 1.97. The topological polar surface area (TPSA) is 59.1 Å². The van der Waals surface area contributed by atoms with Gasteiger partial charge in [-0.1, -0.05) is 0 Å². The van der Waals surface area contributed by atoms with E-state index >= 15 is 0 Å². The fourth-order valence-corrected chi connectivity index (χ4v) is 2.29. The molecule has 0 aliphatic carbocycles. The highest BCUT2D eigenvalue weighted by Crippen LogP contribution is 2.09. The van der Waals surface area contributed by atoms with E-state index < -0.39 is 0 Å². The van der Waals surface area contributed by atoms with Crippen molar-refractivity contribution in [2.24, 2.45) is 12.8 Å². The number of aromatic nitrogens is 2. The van der Waals surface area contributed by atoms with E-state index in [4.69, 9.17) is 5.73 Å². The minimum absolute atomic E-state index is 0.416. The molecule has 2 heterocycles. The molecule has 1 aromatic rings. The van der Waals surface area contributed by atoms with E-state index in [0.717, 1.165) is 50.5 Å². The van der Waals surface area contributed by atoms with Gasteiger partial charge in [-0.3, -0.25) is 4.68 Å². The van der Waals surface area contributed by atoms with E-state index in [1.807, 2.05) is 18.7 Å². The summed E-state index contributed by atoms with van der Waals surface area (Å²) in [6.45, 7) is 6.32. The van der Waals surface area contributed by atoms with E-state index in [1.54, 1.807) is 0 Å². The van der Waals surface area contributed by atoms with Gasteiger partial charge in [0.05, 0.1) is 5.69 Å². The summed E-state index contributed by atoms with van der Waals surface area (Å²) in [4.78, 5) is 2.47. The van der Waals surface area contributed by atoms with Gasteiger partial charge >= 0.3 is 0 Å². The second-order valence-electron chi connectivity index (χ2n) is 4.90. The summed E-state index contributed by atoms with van der Waals surface area (Å²) in [6, 6.07) is 2.49. The molecule has 0 amide bonds. The number of anilines is 1. The van der Waals surface area contributed by atoms with Crippen LogP contribution >= 0.6 is 0 Å². The second-order valence-corrected chi connectivity index (χ2v) is 4.90.